The predicted octanol–water partition coefficient (Wildman–Crippen LogP) is 2.42. The molecule has 0 radical (unpaired) electrons. The quantitative estimate of drug-likeness (QED) is 0.829. The van der Waals surface area contributed by atoms with Gasteiger partial charge >= 0.3 is 0 Å². The second-order valence-electron chi connectivity index (χ2n) is 4.63. The van der Waals surface area contributed by atoms with Crippen LogP contribution in [0.2, 0.25) is 0 Å². The van der Waals surface area contributed by atoms with E-state index in [4.69, 9.17) is 15.2 Å². The topological polar surface area (TPSA) is 62.3 Å². The maximum absolute atomic E-state index is 5.96. The van der Waals surface area contributed by atoms with Crippen LogP contribution in [-0.2, 0) is 7.05 Å². The lowest BCUT2D eigenvalue weighted by Crippen LogP contribution is -2.21. The van der Waals surface area contributed by atoms with Crippen molar-refractivity contribution in [3.63, 3.8) is 0 Å². The average Bonchev–Trinajstić information content (AvgIpc) is 2.79. The van der Waals surface area contributed by atoms with Crippen molar-refractivity contribution in [2.24, 2.45) is 12.8 Å². The zero-order valence-corrected chi connectivity index (χ0v) is 13.2. The Kier molecular flexibility index (Phi) is 4.77. The lowest BCUT2D eigenvalue weighted by Gasteiger charge is -2.08. The normalized spacial score (nSPS) is 12.7. The molecule has 1 aromatic carbocycles. The summed E-state index contributed by atoms with van der Waals surface area (Å²) in [5.41, 5.74) is 7.88. The molecule has 20 heavy (non-hydrogen) atoms. The zero-order valence-electron chi connectivity index (χ0n) is 12.3. The van der Waals surface area contributed by atoms with Gasteiger partial charge in [-0.25, -0.2) is 4.98 Å². The second kappa shape index (κ2) is 6.37. The molecule has 0 aliphatic heterocycles. The molecule has 0 spiro atoms. The SMILES string of the molecule is CCC(N)CSc1nc2cc(OC)c(OC)cc2n1C. The summed E-state index contributed by atoms with van der Waals surface area (Å²) >= 11 is 1.68. The fourth-order valence-electron chi connectivity index (χ4n) is 1.93. The van der Waals surface area contributed by atoms with Crippen molar-refractivity contribution in [1.29, 1.82) is 0 Å². The summed E-state index contributed by atoms with van der Waals surface area (Å²) in [6.07, 6.45) is 0.971. The number of aromatic nitrogens is 2. The van der Waals surface area contributed by atoms with Gasteiger partial charge in [-0.2, -0.15) is 0 Å². The van der Waals surface area contributed by atoms with Gasteiger partial charge in [0.25, 0.3) is 0 Å². The summed E-state index contributed by atoms with van der Waals surface area (Å²) in [6.45, 7) is 2.09. The molecule has 0 aliphatic rings. The average molecular weight is 295 g/mol. The van der Waals surface area contributed by atoms with E-state index in [-0.39, 0.29) is 6.04 Å². The zero-order chi connectivity index (χ0) is 14.7. The molecule has 5 nitrogen and oxygen atoms in total. The van der Waals surface area contributed by atoms with Crippen LogP contribution in [-0.4, -0.2) is 35.6 Å². The molecule has 110 valence electrons. The molecule has 0 fully saturated rings. The fourth-order valence-corrected chi connectivity index (χ4v) is 2.98. The Labute approximate surface area is 123 Å². The van der Waals surface area contributed by atoms with E-state index < -0.39 is 0 Å². The van der Waals surface area contributed by atoms with Crippen LogP contribution in [0.4, 0.5) is 0 Å². The van der Waals surface area contributed by atoms with E-state index in [9.17, 15) is 0 Å². The number of methoxy groups -OCH3 is 2. The van der Waals surface area contributed by atoms with Gasteiger partial charge in [-0.3, -0.25) is 0 Å². The number of aryl methyl sites for hydroxylation is 1. The van der Waals surface area contributed by atoms with Gasteiger partial charge in [0.2, 0.25) is 0 Å². The highest BCUT2D eigenvalue weighted by atomic mass is 32.2. The highest BCUT2D eigenvalue weighted by molar-refractivity contribution is 7.99. The number of hydrogen-bond donors (Lipinski definition) is 1. The summed E-state index contributed by atoms with van der Waals surface area (Å²) in [5.74, 6) is 2.27. The number of ether oxygens (including phenoxy) is 2. The second-order valence-corrected chi connectivity index (χ2v) is 5.62. The van der Waals surface area contributed by atoms with E-state index in [1.165, 1.54) is 0 Å². The molecule has 0 saturated carbocycles. The Morgan fingerprint density at radius 3 is 2.55 bits per heavy atom. The third-order valence-electron chi connectivity index (χ3n) is 3.30. The van der Waals surface area contributed by atoms with Gasteiger partial charge in [-0.05, 0) is 6.42 Å². The van der Waals surface area contributed by atoms with Gasteiger partial charge < -0.3 is 19.8 Å². The minimum absolute atomic E-state index is 0.198. The molecule has 2 aromatic rings. The maximum Gasteiger partial charge on any atom is 0.168 e. The van der Waals surface area contributed by atoms with Gasteiger partial charge in [0, 0.05) is 31.0 Å². The number of benzene rings is 1. The number of rotatable bonds is 6. The molecular formula is C14H21N3O2S. The summed E-state index contributed by atoms with van der Waals surface area (Å²) in [4.78, 5) is 4.64. The predicted molar refractivity (Wildman–Crippen MR) is 82.8 cm³/mol. The van der Waals surface area contributed by atoms with E-state index in [1.807, 2.05) is 19.2 Å². The first-order chi connectivity index (χ1) is 9.60. The molecule has 1 atom stereocenters. The standard InChI is InChI=1S/C14H21N3O2S/c1-5-9(15)8-20-14-16-10-6-12(18-3)13(19-4)7-11(10)17(14)2/h6-7,9H,5,8,15H2,1-4H3. The monoisotopic (exact) mass is 295 g/mol. The number of imidazole rings is 1. The van der Waals surface area contributed by atoms with E-state index >= 15 is 0 Å². The highest BCUT2D eigenvalue weighted by Crippen LogP contribution is 2.33. The molecule has 1 aromatic heterocycles. The first kappa shape index (κ1) is 15.0. The van der Waals surface area contributed by atoms with Gasteiger partial charge in [-0.1, -0.05) is 18.7 Å². The number of hydrogen-bond acceptors (Lipinski definition) is 5. The molecule has 2 N–H and O–H groups in total. The van der Waals surface area contributed by atoms with Crippen LogP contribution in [0.5, 0.6) is 11.5 Å². The lowest BCUT2D eigenvalue weighted by atomic mass is 10.2. The van der Waals surface area contributed by atoms with Crippen molar-refractivity contribution in [3.8, 4) is 11.5 Å². The third-order valence-corrected chi connectivity index (χ3v) is 4.51. The van der Waals surface area contributed by atoms with Gasteiger partial charge in [0.05, 0.1) is 25.3 Å². The van der Waals surface area contributed by atoms with Gasteiger partial charge in [0.15, 0.2) is 16.7 Å². The first-order valence-electron chi connectivity index (χ1n) is 6.57. The van der Waals surface area contributed by atoms with Crippen molar-refractivity contribution in [3.05, 3.63) is 12.1 Å². The van der Waals surface area contributed by atoms with Crippen LogP contribution >= 0.6 is 11.8 Å². The lowest BCUT2D eigenvalue weighted by molar-refractivity contribution is 0.355. The van der Waals surface area contributed by atoms with Gasteiger partial charge in [0.1, 0.15) is 0 Å². The Bertz CT molecular complexity index is 598. The maximum atomic E-state index is 5.96. The minimum atomic E-state index is 0.198. The number of thioether (sulfide) groups is 1. The van der Waals surface area contributed by atoms with Crippen molar-refractivity contribution in [1.82, 2.24) is 9.55 Å². The summed E-state index contributed by atoms with van der Waals surface area (Å²) in [7, 11) is 5.26. The molecular weight excluding hydrogens is 274 g/mol. The molecule has 0 aliphatic carbocycles. The number of nitrogens with zero attached hydrogens (tertiary/aromatic N) is 2. The first-order valence-corrected chi connectivity index (χ1v) is 7.56. The largest absolute Gasteiger partial charge is 0.493 e. The smallest absolute Gasteiger partial charge is 0.168 e. The molecule has 1 heterocycles. The Balaban J connectivity index is 2.36. The van der Waals surface area contributed by atoms with Crippen molar-refractivity contribution >= 4 is 22.8 Å². The molecule has 6 heteroatoms. The Morgan fingerprint density at radius 2 is 1.95 bits per heavy atom. The van der Waals surface area contributed by atoms with Crippen LogP contribution < -0.4 is 15.2 Å². The van der Waals surface area contributed by atoms with Crippen molar-refractivity contribution in [2.45, 2.75) is 24.5 Å². The number of nitrogens with two attached hydrogens (primary N) is 1. The summed E-state index contributed by atoms with van der Waals surface area (Å²) in [6, 6.07) is 4.05. The highest BCUT2D eigenvalue weighted by Gasteiger charge is 2.14. The molecule has 0 amide bonds. The summed E-state index contributed by atoms with van der Waals surface area (Å²) < 4.78 is 12.7. The molecule has 0 saturated heterocycles. The molecule has 2 rings (SSSR count). The van der Waals surface area contributed by atoms with Crippen molar-refractivity contribution in [2.75, 3.05) is 20.0 Å². The Morgan fingerprint density at radius 1 is 1.30 bits per heavy atom. The van der Waals surface area contributed by atoms with Crippen LogP contribution in [0.3, 0.4) is 0 Å². The fraction of sp³-hybridized carbons (Fsp3) is 0.500. The van der Waals surface area contributed by atoms with E-state index in [2.05, 4.69) is 16.5 Å². The third kappa shape index (κ3) is 2.86. The van der Waals surface area contributed by atoms with E-state index in [1.54, 1.807) is 26.0 Å². The summed E-state index contributed by atoms with van der Waals surface area (Å²) in [5, 5.41) is 0.958. The van der Waals surface area contributed by atoms with Crippen LogP contribution in [0.1, 0.15) is 13.3 Å². The van der Waals surface area contributed by atoms with Crippen molar-refractivity contribution < 1.29 is 9.47 Å². The molecule has 0 bridgehead atoms. The van der Waals surface area contributed by atoms with E-state index in [0.717, 1.165) is 28.4 Å². The van der Waals surface area contributed by atoms with Gasteiger partial charge in [-0.15, -0.1) is 0 Å². The molecule has 1 unspecified atom stereocenters. The van der Waals surface area contributed by atoms with Crippen LogP contribution in [0.15, 0.2) is 17.3 Å². The number of fused-ring (bicyclic) bond motifs is 1. The van der Waals surface area contributed by atoms with Crippen LogP contribution in [0, 0.1) is 0 Å². The minimum Gasteiger partial charge on any atom is -0.493 e. The van der Waals surface area contributed by atoms with E-state index in [0.29, 0.717) is 11.5 Å². The van der Waals surface area contributed by atoms with Crippen LogP contribution in [0.25, 0.3) is 11.0 Å². The Hall–Kier alpha value is -1.40.